The Balaban J connectivity index is 4.31. The maximum Gasteiger partial charge on any atom is 0.0610 e. The van der Waals surface area contributed by atoms with Gasteiger partial charge < -0.3 is 10.8 Å². The second-order valence-corrected chi connectivity index (χ2v) is 4.85. The summed E-state index contributed by atoms with van der Waals surface area (Å²) in [5.74, 6) is 0. The van der Waals surface area contributed by atoms with Crippen LogP contribution in [0.2, 0.25) is 0 Å². The van der Waals surface area contributed by atoms with E-state index < -0.39 is 0 Å². The third kappa shape index (κ3) is 4.96. The van der Waals surface area contributed by atoms with Crippen LogP contribution in [0.4, 0.5) is 0 Å². The normalized spacial score (nSPS) is 14.6. The number of nitrogens with two attached hydrogens (primary N) is 1. The molecule has 92 valence electrons. The van der Waals surface area contributed by atoms with Crippen LogP contribution in [0, 0.1) is 0 Å². The number of nitrogens with zero attached hydrogens (tertiary/aromatic N) is 1. The first-order chi connectivity index (χ1) is 6.99. The Hall–Kier alpha value is -0.120. The second kappa shape index (κ2) is 7.20. The lowest BCUT2D eigenvalue weighted by Gasteiger charge is -2.41. The van der Waals surface area contributed by atoms with Gasteiger partial charge in [-0.05, 0) is 26.7 Å². The van der Waals surface area contributed by atoms with Gasteiger partial charge in [0.1, 0.15) is 0 Å². The molecule has 3 N–H and O–H groups in total. The lowest BCUT2D eigenvalue weighted by atomic mass is 10.0. The van der Waals surface area contributed by atoms with Crippen LogP contribution in [0.1, 0.15) is 53.4 Å². The van der Waals surface area contributed by atoms with Gasteiger partial charge in [0, 0.05) is 12.1 Å². The van der Waals surface area contributed by atoms with E-state index in [1.807, 2.05) is 0 Å². The Bertz CT molecular complexity index is 160. The van der Waals surface area contributed by atoms with Gasteiger partial charge in [0.2, 0.25) is 0 Å². The van der Waals surface area contributed by atoms with Crippen molar-refractivity contribution in [2.75, 3.05) is 13.2 Å². The molecule has 0 saturated heterocycles. The van der Waals surface area contributed by atoms with E-state index in [4.69, 9.17) is 5.73 Å². The van der Waals surface area contributed by atoms with Crippen molar-refractivity contribution in [3.63, 3.8) is 0 Å². The van der Waals surface area contributed by atoms with Crippen molar-refractivity contribution >= 4 is 0 Å². The largest absolute Gasteiger partial charge is 0.394 e. The fourth-order valence-corrected chi connectivity index (χ4v) is 1.76. The van der Waals surface area contributed by atoms with Crippen LogP contribution < -0.4 is 5.73 Å². The number of hydrogen-bond acceptors (Lipinski definition) is 3. The molecule has 0 saturated carbocycles. The number of unbranched alkanes of at least 4 members (excludes halogenated alkanes) is 2. The van der Waals surface area contributed by atoms with Crippen molar-refractivity contribution < 1.29 is 5.11 Å². The van der Waals surface area contributed by atoms with Gasteiger partial charge in [-0.1, -0.05) is 26.7 Å². The van der Waals surface area contributed by atoms with Gasteiger partial charge in [0.25, 0.3) is 0 Å². The average Bonchev–Trinajstić information content (AvgIpc) is 2.23. The predicted molar refractivity (Wildman–Crippen MR) is 65.7 cm³/mol. The smallest absolute Gasteiger partial charge is 0.0610 e. The van der Waals surface area contributed by atoms with E-state index in [2.05, 4.69) is 32.6 Å². The summed E-state index contributed by atoms with van der Waals surface area (Å²) in [6.07, 6.45) is 4.59. The molecule has 0 aliphatic heterocycles. The molecule has 1 atom stereocenters. The molecule has 0 amide bonds. The molecule has 0 spiro atoms. The molecule has 1 unspecified atom stereocenters. The molecule has 0 aliphatic carbocycles. The highest BCUT2D eigenvalue weighted by Gasteiger charge is 2.28. The monoisotopic (exact) mass is 216 g/mol. The fourth-order valence-electron chi connectivity index (χ4n) is 1.76. The first-order valence-electron chi connectivity index (χ1n) is 6.12. The second-order valence-electron chi connectivity index (χ2n) is 4.85. The van der Waals surface area contributed by atoms with E-state index in [1.54, 1.807) is 0 Å². The Morgan fingerprint density at radius 3 is 2.27 bits per heavy atom. The SMILES string of the molecule is CCCCCN(C(N)CC)C(C)(C)CO. The average molecular weight is 216 g/mol. The maximum atomic E-state index is 9.37. The minimum absolute atomic E-state index is 0.0593. The molecule has 3 nitrogen and oxygen atoms in total. The summed E-state index contributed by atoms with van der Waals surface area (Å²) in [6, 6.07) is 0. The molecular formula is C12H28N2O. The molecule has 0 radical (unpaired) electrons. The molecule has 0 aromatic rings. The van der Waals surface area contributed by atoms with Gasteiger partial charge in [0.05, 0.1) is 12.8 Å². The summed E-state index contributed by atoms with van der Waals surface area (Å²) in [5, 5.41) is 9.37. The molecular weight excluding hydrogens is 188 g/mol. The van der Waals surface area contributed by atoms with Crippen molar-refractivity contribution in [1.82, 2.24) is 4.90 Å². The molecule has 3 heteroatoms. The van der Waals surface area contributed by atoms with Crippen molar-refractivity contribution in [2.24, 2.45) is 5.73 Å². The predicted octanol–water partition coefficient (Wildman–Crippen LogP) is 1.94. The summed E-state index contributed by atoms with van der Waals surface area (Å²) >= 11 is 0. The summed E-state index contributed by atoms with van der Waals surface area (Å²) in [7, 11) is 0. The van der Waals surface area contributed by atoms with E-state index in [0.29, 0.717) is 0 Å². The van der Waals surface area contributed by atoms with E-state index in [9.17, 15) is 5.11 Å². The quantitative estimate of drug-likeness (QED) is 0.481. The van der Waals surface area contributed by atoms with Crippen LogP contribution >= 0.6 is 0 Å². The van der Waals surface area contributed by atoms with E-state index >= 15 is 0 Å². The third-order valence-electron chi connectivity index (χ3n) is 2.99. The van der Waals surface area contributed by atoms with Gasteiger partial charge in [-0.2, -0.15) is 0 Å². The minimum Gasteiger partial charge on any atom is -0.394 e. The van der Waals surface area contributed by atoms with E-state index in [0.717, 1.165) is 19.4 Å². The Morgan fingerprint density at radius 2 is 1.87 bits per heavy atom. The molecule has 0 bridgehead atoms. The van der Waals surface area contributed by atoms with Crippen LogP contribution in [0.25, 0.3) is 0 Å². The minimum atomic E-state index is -0.205. The van der Waals surface area contributed by atoms with E-state index in [1.165, 1.54) is 12.8 Å². The molecule has 0 heterocycles. The standard InChI is InChI=1S/C12H28N2O/c1-5-7-8-9-14(11(13)6-2)12(3,4)10-15/h11,15H,5-10,13H2,1-4H3. The zero-order chi connectivity index (χ0) is 11.9. The lowest BCUT2D eigenvalue weighted by Crippen LogP contribution is -2.55. The lowest BCUT2D eigenvalue weighted by molar-refractivity contribution is 0.0210. The van der Waals surface area contributed by atoms with Crippen LogP contribution in [0.5, 0.6) is 0 Å². The molecule has 0 aliphatic rings. The van der Waals surface area contributed by atoms with Crippen LogP contribution in [-0.2, 0) is 0 Å². The van der Waals surface area contributed by atoms with Crippen molar-refractivity contribution in [3.05, 3.63) is 0 Å². The zero-order valence-corrected chi connectivity index (χ0v) is 10.8. The Morgan fingerprint density at radius 1 is 1.27 bits per heavy atom. The number of rotatable bonds is 8. The highest BCUT2D eigenvalue weighted by atomic mass is 16.3. The van der Waals surface area contributed by atoms with Gasteiger partial charge in [0.15, 0.2) is 0 Å². The zero-order valence-electron chi connectivity index (χ0n) is 10.8. The molecule has 0 aromatic heterocycles. The van der Waals surface area contributed by atoms with Gasteiger partial charge >= 0.3 is 0 Å². The van der Waals surface area contributed by atoms with Crippen LogP contribution in [0.15, 0.2) is 0 Å². The first kappa shape index (κ1) is 14.9. The number of aliphatic hydroxyl groups is 1. The summed E-state index contributed by atoms with van der Waals surface area (Å²) in [5.41, 5.74) is 5.87. The van der Waals surface area contributed by atoms with Gasteiger partial charge in [-0.25, -0.2) is 0 Å². The Kier molecular flexibility index (Phi) is 7.14. The first-order valence-corrected chi connectivity index (χ1v) is 6.12. The molecule has 0 fully saturated rings. The highest BCUT2D eigenvalue weighted by Crippen LogP contribution is 2.17. The number of hydrogen-bond donors (Lipinski definition) is 2. The molecule has 0 rings (SSSR count). The van der Waals surface area contributed by atoms with Crippen molar-refractivity contribution in [1.29, 1.82) is 0 Å². The van der Waals surface area contributed by atoms with Gasteiger partial charge in [-0.3, -0.25) is 4.90 Å². The summed E-state index contributed by atoms with van der Waals surface area (Å²) in [6.45, 7) is 9.53. The van der Waals surface area contributed by atoms with Crippen molar-refractivity contribution in [2.45, 2.75) is 65.1 Å². The molecule has 15 heavy (non-hydrogen) atoms. The van der Waals surface area contributed by atoms with Crippen LogP contribution in [0.3, 0.4) is 0 Å². The molecule has 0 aromatic carbocycles. The van der Waals surface area contributed by atoms with E-state index in [-0.39, 0.29) is 18.3 Å². The third-order valence-corrected chi connectivity index (χ3v) is 2.99. The summed E-state index contributed by atoms with van der Waals surface area (Å²) in [4.78, 5) is 2.22. The highest BCUT2D eigenvalue weighted by molar-refractivity contribution is 4.83. The van der Waals surface area contributed by atoms with Crippen molar-refractivity contribution in [3.8, 4) is 0 Å². The fraction of sp³-hybridized carbons (Fsp3) is 1.00. The number of aliphatic hydroxyl groups excluding tert-OH is 1. The Labute approximate surface area is 94.6 Å². The van der Waals surface area contributed by atoms with Gasteiger partial charge in [-0.15, -0.1) is 0 Å². The topological polar surface area (TPSA) is 49.5 Å². The summed E-state index contributed by atoms with van der Waals surface area (Å²) < 4.78 is 0. The van der Waals surface area contributed by atoms with Crippen LogP contribution in [-0.4, -0.2) is 34.9 Å². The maximum absolute atomic E-state index is 9.37.